The molecule has 2 rings (SSSR count). The predicted octanol–water partition coefficient (Wildman–Crippen LogP) is 2.04. The minimum absolute atomic E-state index is 0.0398. The number of thioether (sulfide) groups is 1. The molecule has 0 spiro atoms. The molecule has 0 bridgehead atoms. The Morgan fingerprint density at radius 2 is 2.29 bits per heavy atom. The van der Waals surface area contributed by atoms with Crippen molar-refractivity contribution in [2.75, 3.05) is 11.5 Å². The number of H-pyrrole nitrogens is 1. The van der Waals surface area contributed by atoms with Gasteiger partial charge in [-0.2, -0.15) is 16.9 Å². The first-order valence-electron chi connectivity index (χ1n) is 5.16. The van der Waals surface area contributed by atoms with E-state index in [0.29, 0.717) is 5.92 Å². The van der Waals surface area contributed by atoms with Crippen molar-refractivity contribution in [2.24, 2.45) is 5.73 Å². The standard InChI is InChI=1S/C10H17N3S/c1-7(11)9-6-10(13-12-9)8-2-4-14-5-3-8/h6-8H,2-5,11H2,1H3,(H,12,13). The Kier molecular flexibility index (Phi) is 3.13. The highest BCUT2D eigenvalue weighted by molar-refractivity contribution is 7.99. The van der Waals surface area contributed by atoms with Crippen LogP contribution < -0.4 is 5.73 Å². The molecule has 0 aromatic carbocycles. The zero-order chi connectivity index (χ0) is 9.97. The summed E-state index contributed by atoms with van der Waals surface area (Å²) in [6, 6.07) is 2.17. The van der Waals surface area contributed by atoms with Gasteiger partial charge in [0.1, 0.15) is 0 Å². The number of hydrogen-bond acceptors (Lipinski definition) is 3. The van der Waals surface area contributed by atoms with Crippen LogP contribution in [0.4, 0.5) is 0 Å². The molecular weight excluding hydrogens is 194 g/mol. The minimum atomic E-state index is 0.0398. The Morgan fingerprint density at radius 1 is 1.57 bits per heavy atom. The van der Waals surface area contributed by atoms with E-state index in [-0.39, 0.29) is 6.04 Å². The molecule has 14 heavy (non-hydrogen) atoms. The van der Waals surface area contributed by atoms with Crippen molar-refractivity contribution in [1.82, 2.24) is 10.2 Å². The van der Waals surface area contributed by atoms with Gasteiger partial charge in [-0.15, -0.1) is 0 Å². The lowest BCUT2D eigenvalue weighted by Gasteiger charge is -2.19. The normalized spacial score (nSPS) is 21.0. The average molecular weight is 211 g/mol. The summed E-state index contributed by atoms with van der Waals surface area (Å²) in [7, 11) is 0. The summed E-state index contributed by atoms with van der Waals surface area (Å²) in [5.41, 5.74) is 8.03. The van der Waals surface area contributed by atoms with Crippen LogP contribution in [0.15, 0.2) is 6.07 Å². The van der Waals surface area contributed by atoms with Crippen molar-refractivity contribution in [1.29, 1.82) is 0 Å². The number of rotatable bonds is 2. The number of hydrogen-bond donors (Lipinski definition) is 2. The molecule has 78 valence electrons. The van der Waals surface area contributed by atoms with Crippen LogP contribution in [0.1, 0.15) is 43.1 Å². The fourth-order valence-corrected chi connectivity index (χ4v) is 2.91. The average Bonchev–Trinajstić information content (AvgIpc) is 2.68. The lowest BCUT2D eigenvalue weighted by molar-refractivity contribution is 0.617. The van der Waals surface area contributed by atoms with Crippen LogP contribution >= 0.6 is 11.8 Å². The van der Waals surface area contributed by atoms with Gasteiger partial charge in [0.05, 0.1) is 5.69 Å². The van der Waals surface area contributed by atoms with Crippen molar-refractivity contribution >= 4 is 11.8 Å². The zero-order valence-corrected chi connectivity index (χ0v) is 9.31. The summed E-state index contributed by atoms with van der Waals surface area (Å²) < 4.78 is 0. The third-order valence-electron chi connectivity index (χ3n) is 2.75. The summed E-state index contributed by atoms with van der Waals surface area (Å²) in [5.74, 6) is 3.23. The molecule has 3 N–H and O–H groups in total. The van der Waals surface area contributed by atoms with Crippen LogP contribution in [-0.2, 0) is 0 Å². The summed E-state index contributed by atoms with van der Waals surface area (Å²) in [5, 5.41) is 7.35. The van der Waals surface area contributed by atoms with Crippen LogP contribution in [0, 0.1) is 0 Å². The van der Waals surface area contributed by atoms with Gasteiger partial charge in [-0.1, -0.05) is 0 Å². The second-order valence-corrected chi connectivity index (χ2v) is 5.15. The van der Waals surface area contributed by atoms with E-state index in [1.54, 1.807) is 0 Å². The van der Waals surface area contributed by atoms with Crippen molar-refractivity contribution in [2.45, 2.75) is 31.7 Å². The first-order chi connectivity index (χ1) is 6.77. The maximum atomic E-state index is 5.77. The highest BCUT2D eigenvalue weighted by Gasteiger charge is 2.18. The molecule has 0 saturated carbocycles. The smallest absolute Gasteiger partial charge is 0.0789 e. The molecular formula is C10H17N3S. The number of nitrogens with zero attached hydrogens (tertiary/aromatic N) is 1. The second-order valence-electron chi connectivity index (χ2n) is 3.92. The summed E-state index contributed by atoms with van der Waals surface area (Å²) in [4.78, 5) is 0. The molecule has 1 fully saturated rings. The summed E-state index contributed by atoms with van der Waals surface area (Å²) >= 11 is 2.05. The Hall–Kier alpha value is -0.480. The molecule has 1 aromatic heterocycles. The van der Waals surface area contributed by atoms with Crippen molar-refractivity contribution in [3.63, 3.8) is 0 Å². The van der Waals surface area contributed by atoms with Crippen molar-refractivity contribution in [3.8, 4) is 0 Å². The molecule has 0 amide bonds. The fraction of sp³-hybridized carbons (Fsp3) is 0.700. The molecule has 2 heterocycles. The van der Waals surface area contributed by atoms with E-state index in [2.05, 4.69) is 16.3 Å². The topological polar surface area (TPSA) is 54.7 Å². The molecule has 1 atom stereocenters. The highest BCUT2D eigenvalue weighted by atomic mass is 32.2. The zero-order valence-electron chi connectivity index (χ0n) is 8.49. The van der Waals surface area contributed by atoms with E-state index in [4.69, 9.17) is 5.73 Å². The minimum Gasteiger partial charge on any atom is -0.323 e. The maximum absolute atomic E-state index is 5.77. The highest BCUT2D eigenvalue weighted by Crippen LogP contribution is 2.30. The van der Waals surface area contributed by atoms with Crippen LogP contribution in [0.2, 0.25) is 0 Å². The first kappa shape index (κ1) is 10.1. The third kappa shape index (κ3) is 2.12. The molecule has 0 aliphatic carbocycles. The third-order valence-corrected chi connectivity index (χ3v) is 3.79. The van der Waals surface area contributed by atoms with E-state index in [0.717, 1.165) is 5.69 Å². The van der Waals surface area contributed by atoms with E-state index in [1.165, 1.54) is 30.0 Å². The monoisotopic (exact) mass is 211 g/mol. The molecule has 0 radical (unpaired) electrons. The maximum Gasteiger partial charge on any atom is 0.0789 e. The van der Waals surface area contributed by atoms with Crippen molar-refractivity contribution in [3.05, 3.63) is 17.5 Å². The van der Waals surface area contributed by atoms with Gasteiger partial charge in [0.25, 0.3) is 0 Å². The van der Waals surface area contributed by atoms with Crippen LogP contribution in [0.5, 0.6) is 0 Å². The molecule has 4 heteroatoms. The Labute approximate surface area is 88.8 Å². The number of aromatic amines is 1. The quantitative estimate of drug-likeness (QED) is 0.787. The van der Waals surface area contributed by atoms with Gasteiger partial charge >= 0.3 is 0 Å². The largest absolute Gasteiger partial charge is 0.323 e. The van der Waals surface area contributed by atoms with E-state index in [1.807, 2.05) is 18.7 Å². The molecule has 1 unspecified atom stereocenters. The second kappa shape index (κ2) is 4.36. The van der Waals surface area contributed by atoms with Crippen LogP contribution in [0.3, 0.4) is 0 Å². The fourth-order valence-electron chi connectivity index (χ4n) is 1.80. The van der Waals surface area contributed by atoms with Crippen LogP contribution in [-0.4, -0.2) is 21.7 Å². The lowest BCUT2D eigenvalue weighted by Crippen LogP contribution is -2.08. The van der Waals surface area contributed by atoms with E-state index < -0.39 is 0 Å². The van der Waals surface area contributed by atoms with E-state index in [9.17, 15) is 0 Å². The number of nitrogens with two attached hydrogens (primary N) is 1. The summed E-state index contributed by atoms with van der Waals surface area (Å²) in [6.45, 7) is 1.97. The Bertz CT molecular complexity index is 289. The number of nitrogens with one attached hydrogen (secondary N) is 1. The number of aromatic nitrogens is 2. The summed E-state index contributed by atoms with van der Waals surface area (Å²) in [6.07, 6.45) is 2.54. The van der Waals surface area contributed by atoms with Crippen molar-refractivity contribution < 1.29 is 0 Å². The molecule has 1 aliphatic rings. The molecule has 3 nitrogen and oxygen atoms in total. The van der Waals surface area contributed by atoms with Crippen LogP contribution in [0.25, 0.3) is 0 Å². The molecule has 1 aromatic rings. The van der Waals surface area contributed by atoms with Gasteiger partial charge in [-0.05, 0) is 37.3 Å². The SMILES string of the molecule is CC(N)c1cc(C2CCSCC2)[nH]n1. The predicted molar refractivity (Wildman–Crippen MR) is 60.5 cm³/mol. The van der Waals surface area contributed by atoms with Gasteiger partial charge in [-0.25, -0.2) is 0 Å². The Balaban J connectivity index is 2.07. The lowest BCUT2D eigenvalue weighted by atomic mass is 9.98. The van der Waals surface area contributed by atoms with Gasteiger partial charge in [-0.3, -0.25) is 5.10 Å². The first-order valence-corrected chi connectivity index (χ1v) is 6.31. The van der Waals surface area contributed by atoms with E-state index >= 15 is 0 Å². The van der Waals surface area contributed by atoms with Gasteiger partial charge in [0.2, 0.25) is 0 Å². The molecule has 1 aliphatic heterocycles. The van der Waals surface area contributed by atoms with Gasteiger partial charge in [0.15, 0.2) is 0 Å². The van der Waals surface area contributed by atoms with Gasteiger partial charge < -0.3 is 5.73 Å². The van der Waals surface area contributed by atoms with Gasteiger partial charge in [0, 0.05) is 17.7 Å². The molecule has 1 saturated heterocycles. The Morgan fingerprint density at radius 3 is 2.86 bits per heavy atom.